The van der Waals surface area contributed by atoms with E-state index in [4.69, 9.17) is 10.00 Å². The summed E-state index contributed by atoms with van der Waals surface area (Å²) >= 11 is 0. The molecule has 1 aromatic carbocycles. The molecule has 0 aliphatic carbocycles. The predicted octanol–water partition coefficient (Wildman–Crippen LogP) is 3.32. The number of ether oxygens (including phenoxy) is 1. The smallest absolute Gasteiger partial charge is 0.119 e. The molecule has 0 bridgehead atoms. The molecule has 0 unspecified atom stereocenters. The van der Waals surface area contributed by atoms with E-state index in [-0.39, 0.29) is 0 Å². The van der Waals surface area contributed by atoms with Gasteiger partial charge in [0.2, 0.25) is 0 Å². The fourth-order valence-corrected chi connectivity index (χ4v) is 1.45. The summed E-state index contributed by atoms with van der Waals surface area (Å²) in [6, 6.07) is 10.4. The van der Waals surface area contributed by atoms with E-state index in [1.165, 1.54) is 5.56 Å². The van der Waals surface area contributed by atoms with Gasteiger partial charge in [0.05, 0.1) is 12.7 Å². The first kappa shape index (κ1) is 11.6. The van der Waals surface area contributed by atoms with Crippen molar-refractivity contribution in [3.05, 3.63) is 29.8 Å². The lowest BCUT2D eigenvalue weighted by Crippen LogP contribution is -1.91. The zero-order valence-corrected chi connectivity index (χ0v) is 9.20. The van der Waals surface area contributed by atoms with Crippen LogP contribution in [0.25, 0.3) is 0 Å². The average molecular weight is 203 g/mol. The number of hydrogen-bond donors (Lipinski definition) is 0. The predicted molar refractivity (Wildman–Crippen MR) is 60.8 cm³/mol. The van der Waals surface area contributed by atoms with Gasteiger partial charge in [0.1, 0.15) is 5.75 Å². The molecule has 0 aliphatic rings. The molecule has 0 radical (unpaired) electrons. The van der Waals surface area contributed by atoms with Gasteiger partial charge in [-0.05, 0) is 43.9 Å². The fourth-order valence-electron chi connectivity index (χ4n) is 1.45. The van der Waals surface area contributed by atoms with Crippen molar-refractivity contribution in [2.75, 3.05) is 6.61 Å². The van der Waals surface area contributed by atoms with E-state index in [9.17, 15) is 0 Å². The summed E-state index contributed by atoms with van der Waals surface area (Å²) in [5.41, 5.74) is 1.32. The van der Waals surface area contributed by atoms with Crippen LogP contribution < -0.4 is 4.74 Å². The Morgan fingerprint density at radius 2 is 1.93 bits per heavy atom. The van der Waals surface area contributed by atoms with Gasteiger partial charge in [-0.1, -0.05) is 12.1 Å². The molecule has 0 amide bonds. The number of rotatable bonds is 6. The number of nitrogens with zero attached hydrogens (tertiary/aromatic N) is 1. The molecule has 1 aromatic rings. The van der Waals surface area contributed by atoms with E-state index in [0.29, 0.717) is 13.0 Å². The maximum Gasteiger partial charge on any atom is 0.119 e. The summed E-state index contributed by atoms with van der Waals surface area (Å²) in [5, 5.41) is 8.39. The highest BCUT2D eigenvalue weighted by Gasteiger charge is 1.95. The topological polar surface area (TPSA) is 33.0 Å². The molecule has 0 N–H and O–H groups in total. The maximum atomic E-state index is 8.39. The first-order chi connectivity index (χ1) is 7.36. The Labute approximate surface area is 91.5 Å². The van der Waals surface area contributed by atoms with Crippen molar-refractivity contribution in [1.29, 1.82) is 5.26 Å². The molecule has 2 heteroatoms. The van der Waals surface area contributed by atoms with Crippen LogP contribution in [0.1, 0.15) is 31.7 Å². The zero-order chi connectivity index (χ0) is 10.9. The molecule has 1 rings (SSSR count). The molecule has 0 atom stereocenters. The Bertz CT molecular complexity index is 310. The van der Waals surface area contributed by atoms with E-state index in [0.717, 1.165) is 25.0 Å². The van der Waals surface area contributed by atoms with Gasteiger partial charge >= 0.3 is 0 Å². The van der Waals surface area contributed by atoms with Gasteiger partial charge in [-0.25, -0.2) is 0 Å². The number of aryl methyl sites for hydroxylation is 1. The van der Waals surface area contributed by atoms with Gasteiger partial charge in [-0.3, -0.25) is 0 Å². The van der Waals surface area contributed by atoms with Crippen LogP contribution in [0.4, 0.5) is 0 Å². The van der Waals surface area contributed by atoms with Crippen molar-refractivity contribution in [3.63, 3.8) is 0 Å². The number of benzene rings is 1. The second-order valence-electron chi connectivity index (χ2n) is 3.44. The number of unbranched alkanes of at least 4 members (excludes halogenated alkanes) is 2. The minimum atomic E-state index is 0.664. The van der Waals surface area contributed by atoms with Gasteiger partial charge < -0.3 is 4.74 Å². The van der Waals surface area contributed by atoms with Crippen molar-refractivity contribution in [3.8, 4) is 11.8 Å². The zero-order valence-electron chi connectivity index (χ0n) is 9.20. The van der Waals surface area contributed by atoms with E-state index in [1.807, 2.05) is 19.1 Å². The van der Waals surface area contributed by atoms with E-state index >= 15 is 0 Å². The first-order valence-electron chi connectivity index (χ1n) is 5.45. The van der Waals surface area contributed by atoms with Crippen LogP contribution in [0.15, 0.2) is 24.3 Å². The summed E-state index contributed by atoms with van der Waals surface area (Å²) in [7, 11) is 0. The highest BCUT2D eigenvalue weighted by molar-refractivity contribution is 5.27. The van der Waals surface area contributed by atoms with Crippen molar-refractivity contribution in [2.45, 2.75) is 32.6 Å². The minimum absolute atomic E-state index is 0.664. The van der Waals surface area contributed by atoms with Gasteiger partial charge in [0.15, 0.2) is 0 Å². The Morgan fingerprint density at radius 1 is 1.20 bits per heavy atom. The van der Waals surface area contributed by atoms with Gasteiger partial charge in [-0.2, -0.15) is 5.26 Å². The third kappa shape index (κ3) is 4.51. The minimum Gasteiger partial charge on any atom is -0.494 e. The summed E-state index contributed by atoms with van der Waals surface area (Å²) in [6.07, 6.45) is 3.79. The third-order valence-corrected chi connectivity index (χ3v) is 2.24. The highest BCUT2D eigenvalue weighted by atomic mass is 16.5. The Morgan fingerprint density at radius 3 is 2.53 bits per heavy atom. The monoisotopic (exact) mass is 203 g/mol. The molecule has 0 saturated carbocycles. The molecule has 80 valence electrons. The van der Waals surface area contributed by atoms with E-state index in [1.54, 1.807) is 0 Å². The number of hydrogen-bond acceptors (Lipinski definition) is 2. The molecule has 0 aliphatic heterocycles. The summed E-state index contributed by atoms with van der Waals surface area (Å²) in [6.45, 7) is 2.69. The molecular weight excluding hydrogens is 186 g/mol. The van der Waals surface area contributed by atoms with Gasteiger partial charge in [-0.15, -0.1) is 0 Å². The lowest BCUT2D eigenvalue weighted by molar-refractivity contribution is 0.340. The second-order valence-corrected chi connectivity index (χ2v) is 3.44. The normalized spacial score (nSPS) is 9.60. The van der Waals surface area contributed by atoms with E-state index in [2.05, 4.69) is 18.2 Å². The highest BCUT2D eigenvalue weighted by Crippen LogP contribution is 2.14. The van der Waals surface area contributed by atoms with Crippen molar-refractivity contribution in [2.24, 2.45) is 0 Å². The van der Waals surface area contributed by atoms with Crippen LogP contribution in [0.3, 0.4) is 0 Å². The van der Waals surface area contributed by atoms with Crippen LogP contribution in [0, 0.1) is 11.3 Å². The molecule has 0 fully saturated rings. The average Bonchev–Trinajstić information content (AvgIpc) is 2.27. The van der Waals surface area contributed by atoms with Crippen LogP contribution in [0.2, 0.25) is 0 Å². The van der Waals surface area contributed by atoms with Crippen LogP contribution in [-0.2, 0) is 6.42 Å². The molecule has 0 spiro atoms. The van der Waals surface area contributed by atoms with Crippen LogP contribution >= 0.6 is 0 Å². The van der Waals surface area contributed by atoms with Crippen molar-refractivity contribution in [1.82, 2.24) is 0 Å². The molecule has 0 aromatic heterocycles. The third-order valence-electron chi connectivity index (χ3n) is 2.24. The Kier molecular flexibility index (Phi) is 5.32. The SMILES string of the molecule is CCOc1ccc(CCCCC#N)cc1. The lowest BCUT2D eigenvalue weighted by atomic mass is 10.1. The van der Waals surface area contributed by atoms with Crippen molar-refractivity contribution < 1.29 is 4.74 Å². The lowest BCUT2D eigenvalue weighted by Gasteiger charge is -2.04. The Hall–Kier alpha value is -1.49. The summed E-state index contributed by atoms with van der Waals surface area (Å²) in [5.74, 6) is 0.929. The van der Waals surface area contributed by atoms with Gasteiger partial charge in [0.25, 0.3) is 0 Å². The second kappa shape index (κ2) is 6.89. The van der Waals surface area contributed by atoms with E-state index < -0.39 is 0 Å². The first-order valence-corrected chi connectivity index (χ1v) is 5.45. The quantitative estimate of drug-likeness (QED) is 0.664. The largest absolute Gasteiger partial charge is 0.494 e. The fraction of sp³-hybridized carbons (Fsp3) is 0.462. The molecule has 0 saturated heterocycles. The molecule has 15 heavy (non-hydrogen) atoms. The summed E-state index contributed by atoms with van der Waals surface area (Å²) in [4.78, 5) is 0. The van der Waals surface area contributed by atoms with Crippen LogP contribution in [0.5, 0.6) is 5.75 Å². The van der Waals surface area contributed by atoms with Gasteiger partial charge in [0, 0.05) is 6.42 Å². The Balaban J connectivity index is 2.33. The summed E-state index contributed by atoms with van der Waals surface area (Å²) < 4.78 is 5.36. The molecular formula is C13H17NO. The standard InChI is InChI=1S/C13H17NO/c1-2-15-13-9-7-12(8-10-13)6-4-3-5-11-14/h7-10H,2-6H2,1H3. The van der Waals surface area contributed by atoms with Crippen molar-refractivity contribution >= 4 is 0 Å². The molecule has 2 nitrogen and oxygen atoms in total. The number of nitriles is 1. The van der Waals surface area contributed by atoms with Crippen LogP contribution in [-0.4, -0.2) is 6.61 Å². The molecule has 0 heterocycles. The maximum absolute atomic E-state index is 8.39.